The number of aliphatic carboxylic acids is 1. The summed E-state index contributed by atoms with van der Waals surface area (Å²) in [5.41, 5.74) is 0. The van der Waals surface area contributed by atoms with E-state index in [1.54, 1.807) is 18.4 Å². The van der Waals surface area contributed by atoms with E-state index >= 15 is 0 Å². The van der Waals surface area contributed by atoms with Gasteiger partial charge in [0, 0.05) is 17.5 Å². The van der Waals surface area contributed by atoms with Crippen LogP contribution in [0.5, 0.6) is 5.75 Å². The Morgan fingerprint density at radius 1 is 1.62 bits per heavy atom. The van der Waals surface area contributed by atoms with Gasteiger partial charge in [0.15, 0.2) is 0 Å². The molecule has 0 aliphatic rings. The van der Waals surface area contributed by atoms with Crippen LogP contribution in [0.4, 0.5) is 0 Å². The third-order valence-electron chi connectivity index (χ3n) is 1.89. The highest BCUT2D eigenvalue weighted by Gasteiger charge is 2.14. The molecule has 0 spiro atoms. The largest absolute Gasteiger partial charge is 0.496 e. The van der Waals surface area contributed by atoms with Crippen LogP contribution < -0.4 is 10.1 Å². The lowest BCUT2D eigenvalue weighted by molar-refractivity contribution is -0.137. The minimum Gasteiger partial charge on any atom is -0.496 e. The first-order valence-electron chi connectivity index (χ1n) is 4.68. The average Bonchev–Trinajstić information content (AvgIpc) is 2.64. The van der Waals surface area contributed by atoms with E-state index in [2.05, 4.69) is 5.32 Å². The Morgan fingerprint density at radius 2 is 2.31 bits per heavy atom. The summed E-state index contributed by atoms with van der Waals surface area (Å²) in [5, 5.41) is 12.9. The van der Waals surface area contributed by atoms with Crippen molar-refractivity contribution in [1.82, 2.24) is 5.32 Å². The molecule has 2 N–H and O–H groups in total. The molecule has 1 rings (SSSR count). The zero-order valence-corrected chi connectivity index (χ0v) is 9.84. The molecule has 1 amide bonds. The van der Waals surface area contributed by atoms with Crippen LogP contribution in [0.1, 0.15) is 23.0 Å². The molecule has 5 nitrogen and oxygen atoms in total. The van der Waals surface area contributed by atoms with E-state index in [9.17, 15) is 9.59 Å². The number of methoxy groups -OCH3 is 1. The third kappa shape index (κ3) is 3.54. The topological polar surface area (TPSA) is 75.6 Å². The minimum atomic E-state index is -0.934. The molecule has 1 heterocycles. The first-order valence-corrected chi connectivity index (χ1v) is 5.56. The first kappa shape index (κ1) is 12.5. The summed E-state index contributed by atoms with van der Waals surface area (Å²) in [6, 6.07) is 1.23. The summed E-state index contributed by atoms with van der Waals surface area (Å²) in [6.07, 6.45) is -0.0890. The van der Waals surface area contributed by atoms with Gasteiger partial charge in [0.2, 0.25) is 0 Å². The molecule has 16 heavy (non-hydrogen) atoms. The number of thiophene rings is 1. The SMILES string of the molecule is COc1csc(C(=O)NC(C)CC(=O)O)c1. The van der Waals surface area contributed by atoms with E-state index in [-0.39, 0.29) is 12.3 Å². The van der Waals surface area contributed by atoms with Gasteiger partial charge in [-0.05, 0) is 6.92 Å². The molecule has 88 valence electrons. The van der Waals surface area contributed by atoms with Crippen molar-refractivity contribution >= 4 is 23.2 Å². The predicted molar refractivity (Wildman–Crippen MR) is 60.1 cm³/mol. The molecule has 1 unspecified atom stereocenters. The smallest absolute Gasteiger partial charge is 0.305 e. The molecule has 0 saturated heterocycles. The quantitative estimate of drug-likeness (QED) is 0.818. The van der Waals surface area contributed by atoms with E-state index in [1.807, 2.05) is 0 Å². The lowest BCUT2D eigenvalue weighted by atomic mass is 10.2. The monoisotopic (exact) mass is 243 g/mol. The lowest BCUT2D eigenvalue weighted by Crippen LogP contribution is -2.33. The Labute approximate surface area is 97.0 Å². The maximum atomic E-state index is 11.6. The summed E-state index contributed by atoms with van der Waals surface area (Å²) >= 11 is 1.26. The van der Waals surface area contributed by atoms with E-state index in [4.69, 9.17) is 9.84 Å². The van der Waals surface area contributed by atoms with Crippen LogP contribution in [-0.2, 0) is 4.79 Å². The van der Waals surface area contributed by atoms with Gasteiger partial charge in [-0.3, -0.25) is 9.59 Å². The van der Waals surface area contributed by atoms with Crippen LogP contribution in [0.15, 0.2) is 11.4 Å². The molecule has 0 saturated carbocycles. The molecule has 0 aliphatic heterocycles. The molecule has 6 heteroatoms. The number of carbonyl (C=O) groups excluding carboxylic acids is 1. The number of nitrogens with one attached hydrogen (secondary N) is 1. The molecule has 1 aromatic heterocycles. The van der Waals surface area contributed by atoms with Gasteiger partial charge in [-0.25, -0.2) is 0 Å². The van der Waals surface area contributed by atoms with Crippen LogP contribution in [-0.4, -0.2) is 30.1 Å². The standard InChI is InChI=1S/C10H13NO4S/c1-6(3-9(12)13)11-10(14)8-4-7(15-2)5-16-8/h4-6H,3H2,1-2H3,(H,11,14)(H,12,13). The van der Waals surface area contributed by atoms with Gasteiger partial charge < -0.3 is 15.2 Å². The number of carbonyl (C=O) groups is 2. The maximum Gasteiger partial charge on any atom is 0.305 e. The van der Waals surface area contributed by atoms with E-state index in [0.29, 0.717) is 10.6 Å². The van der Waals surface area contributed by atoms with Crippen molar-refractivity contribution in [3.63, 3.8) is 0 Å². The zero-order chi connectivity index (χ0) is 12.1. The lowest BCUT2D eigenvalue weighted by Gasteiger charge is -2.09. The van der Waals surface area contributed by atoms with Crippen molar-refractivity contribution < 1.29 is 19.4 Å². The van der Waals surface area contributed by atoms with Gasteiger partial charge in [-0.1, -0.05) is 0 Å². The highest BCUT2D eigenvalue weighted by molar-refractivity contribution is 7.12. The fourth-order valence-electron chi connectivity index (χ4n) is 1.15. The van der Waals surface area contributed by atoms with Crippen LogP contribution in [0.25, 0.3) is 0 Å². The molecular formula is C10H13NO4S. The van der Waals surface area contributed by atoms with Gasteiger partial charge >= 0.3 is 5.97 Å². The maximum absolute atomic E-state index is 11.6. The van der Waals surface area contributed by atoms with Crippen molar-refractivity contribution in [2.24, 2.45) is 0 Å². The molecule has 0 aliphatic carbocycles. The molecule has 0 bridgehead atoms. The van der Waals surface area contributed by atoms with Crippen molar-refractivity contribution in [3.05, 3.63) is 16.3 Å². The Balaban J connectivity index is 2.54. The predicted octanol–water partition coefficient (Wildman–Crippen LogP) is 1.35. The number of amides is 1. The highest BCUT2D eigenvalue weighted by Crippen LogP contribution is 2.20. The third-order valence-corrected chi connectivity index (χ3v) is 2.80. The summed E-state index contributed by atoms with van der Waals surface area (Å²) in [6.45, 7) is 1.65. The van der Waals surface area contributed by atoms with Gasteiger partial charge in [0.25, 0.3) is 5.91 Å². The van der Waals surface area contributed by atoms with Gasteiger partial charge in [0.05, 0.1) is 18.4 Å². The van der Waals surface area contributed by atoms with E-state index in [1.165, 1.54) is 18.4 Å². The van der Waals surface area contributed by atoms with Crippen molar-refractivity contribution in [2.75, 3.05) is 7.11 Å². The second-order valence-corrected chi connectivity index (χ2v) is 4.23. The number of ether oxygens (including phenoxy) is 1. The fourth-order valence-corrected chi connectivity index (χ4v) is 1.91. The molecule has 0 radical (unpaired) electrons. The van der Waals surface area contributed by atoms with Crippen molar-refractivity contribution in [3.8, 4) is 5.75 Å². The van der Waals surface area contributed by atoms with Crippen LogP contribution in [0.3, 0.4) is 0 Å². The second-order valence-electron chi connectivity index (χ2n) is 3.32. The molecule has 0 aromatic carbocycles. The summed E-state index contributed by atoms with van der Waals surface area (Å²) < 4.78 is 4.95. The zero-order valence-electron chi connectivity index (χ0n) is 9.02. The van der Waals surface area contributed by atoms with Crippen molar-refractivity contribution in [2.45, 2.75) is 19.4 Å². The number of carboxylic acid groups (broad SMARTS) is 1. The molecule has 1 aromatic rings. The van der Waals surface area contributed by atoms with Gasteiger partial charge in [0.1, 0.15) is 5.75 Å². The van der Waals surface area contributed by atoms with E-state index < -0.39 is 12.0 Å². The fraction of sp³-hybridized carbons (Fsp3) is 0.400. The van der Waals surface area contributed by atoms with Crippen LogP contribution in [0.2, 0.25) is 0 Å². The number of rotatable bonds is 5. The highest BCUT2D eigenvalue weighted by atomic mass is 32.1. The Hall–Kier alpha value is -1.56. The summed E-state index contributed by atoms with van der Waals surface area (Å²) in [7, 11) is 1.52. The minimum absolute atomic E-state index is 0.0890. The summed E-state index contributed by atoms with van der Waals surface area (Å²) in [5.74, 6) is -0.584. The number of hydrogen-bond donors (Lipinski definition) is 2. The first-order chi connectivity index (χ1) is 7.52. The Morgan fingerprint density at radius 3 is 2.81 bits per heavy atom. The molecule has 0 fully saturated rings. The molecule has 1 atom stereocenters. The molecular weight excluding hydrogens is 230 g/mol. The van der Waals surface area contributed by atoms with Gasteiger partial charge in [-0.15, -0.1) is 11.3 Å². The summed E-state index contributed by atoms with van der Waals surface area (Å²) in [4.78, 5) is 22.5. The Kier molecular flexibility index (Phi) is 4.30. The van der Waals surface area contributed by atoms with Gasteiger partial charge in [-0.2, -0.15) is 0 Å². The average molecular weight is 243 g/mol. The number of hydrogen-bond acceptors (Lipinski definition) is 4. The van der Waals surface area contributed by atoms with Crippen molar-refractivity contribution in [1.29, 1.82) is 0 Å². The number of carboxylic acids is 1. The normalized spacial score (nSPS) is 11.9. The van der Waals surface area contributed by atoms with E-state index in [0.717, 1.165) is 0 Å². The van der Waals surface area contributed by atoms with Crippen LogP contribution in [0, 0.1) is 0 Å². The van der Waals surface area contributed by atoms with Crippen LogP contribution >= 0.6 is 11.3 Å². The second kappa shape index (κ2) is 5.50. The Bertz CT molecular complexity index is 388.